The van der Waals surface area contributed by atoms with Crippen molar-refractivity contribution in [2.45, 2.75) is 19.5 Å². The molecule has 1 aromatic carbocycles. The van der Waals surface area contributed by atoms with Crippen LogP contribution in [0.3, 0.4) is 0 Å². The van der Waals surface area contributed by atoms with Crippen molar-refractivity contribution in [3.05, 3.63) is 41.3 Å². The highest BCUT2D eigenvalue weighted by molar-refractivity contribution is 5.44. The van der Waals surface area contributed by atoms with Crippen LogP contribution in [0.5, 0.6) is 11.5 Å². The Hall–Kier alpha value is -2.01. The molecular weight excluding hydrogens is 232 g/mol. The molecule has 0 bridgehead atoms. The topological polar surface area (TPSA) is 67.5 Å². The van der Waals surface area contributed by atoms with E-state index >= 15 is 0 Å². The van der Waals surface area contributed by atoms with Crippen LogP contribution < -0.4 is 10.1 Å². The van der Waals surface area contributed by atoms with E-state index in [2.05, 4.69) is 10.5 Å². The number of rotatable bonds is 3. The number of aromatic hydroxyl groups is 1. The number of ether oxygens (including phenoxy) is 1. The van der Waals surface area contributed by atoms with Gasteiger partial charge in [-0.2, -0.15) is 0 Å². The second-order valence-corrected chi connectivity index (χ2v) is 4.40. The molecule has 1 unspecified atom stereocenters. The van der Waals surface area contributed by atoms with Gasteiger partial charge in [-0.05, 0) is 19.1 Å². The summed E-state index contributed by atoms with van der Waals surface area (Å²) in [6.45, 7) is 3.06. The van der Waals surface area contributed by atoms with Crippen LogP contribution in [0.4, 0.5) is 0 Å². The van der Waals surface area contributed by atoms with Crippen molar-refractivity contribution in [3.8, 4) is 11.5 Å². The zero-order valence-electron chi connectivity index (χ0n) is 10.0. The Labute approximate surface area is 104 Å². The Morgan fingerprint density at radius 2 is 2.33 bits per heavy atom. The summed E-state index contributed by atoms with van der Waals surface area (Å²) < 4.78 is 10.5. The first kappa shape index (κ1) is 11.1. The molecule has 3 rings (SSSR count). The third kappa shape index (κ3) is 2.04. The van der Waals surface area contributed by atoms with Crippen molar-refractivity contribution in [1.82, 2.24) is 10.5 Å². The highest BCUT2D eigenvalue weighted by Crippen LogP contribution is 2.34. The van der Waals surface area contributed by atoms with Crippen molar-refractivity contribution in [2.24, 2.45) is 0 Å². The van der Waals surface area contributed by atoms with Crippen LogP contribution >= 0.6 is 0 Å². The molecule has 18 heavy (non-hydrogen) atoms. The van der Waals surface area contributed by atoms with E-state index in [9.17, 15) is 5.11 Å². The molecule has 2 aromatic rings. The Balaban J connectivity index is 1.69. The molecule has 0 radical (unpaired) electrons. The second kappa shape index (κ2) is 4.34. The normalized spacial score (nSPS) is 17.5. The fourth-order valence-electron chi connectivity index (χ4n) is 2.10. The summed E-state index contributed by atoms with van der Waals surface area (Å²) in [5, 5.41) is 16.7. The third-order valence-corrected chi connectivity index (χ3v) is 2.98. The number of phenols is 1. The van der Waals surface area contributed by atoms with Crippen LogP contribution in [0.25, 0.3) is 0 Å². The van der Waals surface area contributed by atoms with Gasteiger partial charge < -0.3 is 19.7 Å². The van der Waals surface area contributed by atoms with Crippen molar-refractivity contribution >= 4 is 0 Å². The van der Waals surface area contributed by atoms with Gasteiger partial charge in [-0.3, -0.25) is 0 Å². The van der Waals surface area contributed by atoms with Crippen LogP contribution in [0.1, 0.15) is 23.1 Å². The monoisotopic (exact) mass is 246 g/mol. The van der Waals surface area contributed by atoms with Gasteiger partial charge in [0.1, 0.15) is 23.9 Å². The maximum absolute atomic E-state index is 9.37. The van der Waals surface area contributed by atoms with Gasteiger partial charge >= 0.3 is 0 Å². The summed E-state index contributed by atoms with van der Waals surface area (Å²) in [6, 6.07) is 7.21. The number of nitrogens with zero attached hydrogens (tertiary/aromatic N) is 1. The molecule has 5 heteroatoms. The Bertz CT molecular complexity index is 565. The minimum absolute atomic E-state index is 0.123. The minimum atomic E-state index is 0.123. The Morgan fingerprint density at radius 3 is 3.11 bits per heavy atom. The van der Waals surface area contributed by atoms with Gasteiger partial charge in [0.25, 0.3) is 0 Å². The molecule has 2 heterocycles. The largest absolute Gasteiger partial charge is 0.508 e. The molecule has 0 fully saturated rings. The maximum atomic E-state index is 9.37. The predicted octanol–water partition coefficient (Wildman–Crippen LogP) is 1.91. The van der Waals surface area contributed by atoms with Gasteiger partial charge in [-0.25, -0.2) is 0 Å². The number of aryl methyl sites for hydroxylation is 1. The first-order chi connectivity index (χ1) is 8.72. The van der Waals surface area contributed by atoms with E-state index < -0.39 is 0 Å². The summed E-state index contributed by atoms with van der Waals surface area (Å²) in [4.78, 5) is 0. The number of benzene rings is 1. The number of hydrogen-bond donors (Lipinski definition) is 2. The van der Waals surface area contributed by atoms with Crippen molar-refractivity contribution < 1.29 is 14.4 Å². The molecule has 1 aliphatic heterocycles. The molecule has 0 saturated heterocycles. The molecule has 94 valence electrons. The molecule has 1 aliphatic rings. The minimum Gasteiger partial charge on any atom is -0.508 e. The summed E-state index contributed by atoms with van der Waals surface area (Å²) in [5.74, 6) is 1.77. The smallest absolute Gasteiger partial charge is 0.133 e. The molecule has 1 atom stereocenters. The van der Waals surface area contributed by atoms with Crippen LogP contribution in [0.2, 0.25) is 0 Å². The number of hydrogen-bond acceptors (Lipinski definition) is 5. The van der Waals surface area contributed by atoms with Gasteiger partial charge in [0.15, 0.2) is 0 Å². The Kier molecular flexibility index (Phi) is 2.68. The lowest BCUT2D eigenvalue weighted by atomic mass is 10.1. The second-order valence-electron chi connectivity index (χ2n) is 4.40. The average molecular weight is 246 g/mol. The van der Waals surface area contributed by atoms with Gasteiger partial charge in [-0.15, -0.1) is 0 Å². The fourth-order valence-corrected chi connectivity index (χ4v) is 2.10. The lowest BCUT2D eigenvalue weighted by molar-refractivity contribution is 0.307. The van der Waals surface area contributed by atoms with Crippen LogP contribution in [0.15, 0.2) is 28.8 Å². The van der Waals surface area contributed by atoms with E-state index in [0.717, 1.165) is 22.8 Å². The third-order valence-electron chi connectivity index (χ3n) is 2.98. The number of aromatic nitrogens is 1. The van der Waals surface area contributed by atoms with Gasteiger partial charge in [0.2, 0.25) is 0 Å². The zero-order chi connectivity index (χ0) is 12.5. The van der Waals surface area contributed by atoms with Crippen molar-refractivity contribution in [2.75, 3.05) is 6.61 Å². The molecule has 0 spiro atoms. The number of phenolic OH excluding ortho intramolecular Hbond substituents is 1. The SMILES string of the molecule is Cc1cc(CNC2COc3cc(O)ccc32)no1. The van der Waals surface area contributed by atoms with Gasteiger partial charge in [0, 0.05) is 24.2 Å². The lowest BCUT2D eigenvalue weighted by Crippen LogP contribution is -2.22. The van der Waals surface area contributed by atoms with Crippen molar-refractivity contribution in [3.63, 3.8) is 0 Å². The molecule has 0 amide bonds. The first-order valence-corrected chi connectivity index (χ1v) is 5.83. The molecule has 0 aliphatic carbocycles. The molecule has 0 saturated carbocycles. The maximum Gasteiger partial charge on any atom is 0.133 e. The Morgan fingerprint density at radius 1 is 1.44 bits per heavy atom. The van der Waals surface area contributed by atoms with E-state index in [-0.39, 0.29) is 11.8 Å². The molecule has 2 N–H and O–H groups in total. The van der Waals surface area contributed by atoms with Crippen LogP contribution in [-0.4, -0.2) is 16.9 Å². The summed E-state index contributed by atoms with van der Waals surface area (Å²) in [5.41, 5.74) is 1.94. The highest BCUT2D eigenvalue weighted by atomic mass is 16.5. The van der Waals surface area contributed by atoms with E-state index in [1.807, 2.05) is 19.1 Å². The van der Waals surface area contributed by atoms with E-state index in [1.54, 1.807) is 12.1 Å². The van der Waals surface area contributed by atoms with Crippen molar-refractivity contribution in [1.29, 1.82) is 0 Å². The van der Waals surface area contributed by atoms with E-state index in [0.29, 0.717) is 13.2 Å². The lowest BCUT2D eigenvalue weighted by Gasteiger charge is -2.09. The zero-order valence-corrected chi connectivity index (χ0v) is 10.0. The summed E-state index contributed by atoms with van der Waals surface area (Å²) >= 11 is 0. The summed E-state index contributed by atoms with van der Waals surface area (Å²) in [7, 11) is 0. The standard InChI is InChI=1S/C13H14N2O3/c1-8-4-9(15-18-8)6-14-12-7-17-13-5-10(16)2-3-11(12)13/h2-5,12,14,16H,6-7H2,1H3. The van der Waals surface area contributed by atoms with Gasteiger partial charge in [0.05, 0.1) is 11.7 Å². The number of nitrogens with one attached hydrogen (secondary N) is 1. The first-order valence-electron chi connectivity index (χ1n) is 5.83. The van der Waals surface area contributed by atoms with E-state index in [1.165, 1.54) is 0 Å². The van der Waals surface area contributed by atoms with E-state index in [4.69, 9.17) is 9.26 Å². The molecular formula is C13H14N2O3. The molecule has 5 nitrogen and oxygen atoms in total. The number of fused-ring (bicyclic) bond motifs is 1. The van der Waals surface area contributed by atoms with Crippen LogP contribution in [0, 0.1) is 6.92 Å². The molecule has 1 aromatic heterocycles. The quantitative estimate of drug-likeness (QED) is 0.866. The summed E-state index contributed by atoms with van der Waals surface area (Å²) in [6.07, 6.45) is 0. The van der Waals surface area contributed by atoms with Crippen LogP contribution in [-0.2, 0) is 6.54 Å². The fraction of sp³-hybridized carbons (Fsp3) is 0.308. The average Bonchev–Trinajstić information content (AvgIpc) is 2.92. The highest BCUT2D eigenvalue weighted by Gasteiger charge is 2.24. The predicted molar refractivity (Wildman–Crippen MR) is 64.4 cm³/mol. The van der Waals surface area contributed by atoms with Gasteiger partial charge in [-0.1, -0.05) is 5.16 Å².